The van der Waals surface area contributed by atoms with E-state index in [1.165, 1.54) is 12.7 Å². The summed E-state index contributed by atoms with van der Waals surface area (Å²) in [4.78, 5) is 11.1. The highest BCUT2D eigenvalue weighted by molar-refractivity contribution is 5.69. The van der Waals surface area contributed by atoms with E-state index in [1.807, 2.05) is 6.07 Å². The fraction of sp³-hybridized carbons (Fsp3) is 0.500. The summed E-state index contributed by atoms with van der Waals surface area (Å²) >= 11 is 0. The first-order chi connectivity index (χ1) is 8.11. The molecule has 0 fully saturated rings. The highest BCUT2D eigenvalue weighted by Crippen LogP contribution is 2.01. The van der Waals surface area contributed by atoms with Crippen LogP contribution < -0.4 is 5.32 Å². The average molecular weight is 236 g/mol. The Balaban J connectivity index is 2.34. The second-order valence-corrected chi connectivity index (χ2v) is 4.62. The number of carbonyl (C=O) groups is 1. The van der Waals surface area contributed by atoms with Crippen molar-refractivity contribution in [1.29, 1.82) is 0 Å². The van der Waals surface area contributed by atoms with E-state index >= 15 is 0 Å². The molecule has 0 aliphatic carbocycles. The van der Waals surface area contributed by atoms with Crippen molar-refractivity contribution in [3.63, 3.8) is 0 Å². The summed E-state index contributed by atoms with van der Waals surface area (Å²) in [6, 6.07) is 11.1. The smallest absolute Gasteiger partial charge is 0.311 e. The lowest BCUT2D eigenvalue weighted by Crippen LogP contribution is -2.94. The van der Waals surface area contributed by atoms with Crippen molar-refractivity contribution >= 4 is 5.97 Å². The van der Waals surface area contributed by atoms with Crippen molar-refractivity contribution < 1.29 is 14.8 Å². The van der Waals surface area contributed by atoms with Gasteiger partial charge in [0, 0.05) is 6.42 Å². The van der Waals surface area contributed by atoms with Crippen LogP contribution in [0.25, 0.3) is 0 Å². The second kappa shape index (κ2) is 7.07. The Hall–Kier alpha value is -1.35. The van der Waals surface area contributed by atoms with E-state index in [0.29, 0.717) is 12.5 Å². The summed E-state index contributed by atoms with van der Waals surface area (Å²) in [6.07, 6.45) is 1.49. The van der Waals surface area contributed by atoms with Crippen molar-refractivity contribution in [3.05, 3.63) is 35.9 Å². The molecule has 3 heteroatoms. The third kappa shape index (κ3) is 5.50. The number of benzene rings is 1. The van der Waals surface area contributed by atoms with Gasteiger partial charge in [0.1, 0.15) is 0 Å². The Kier molecular flexibility index (Phi) is 5.70. The molecule has 0 spiro atoms. The van der Waals surface area contributed by atoms with Crippen LogP contribution in [-0.2, 0) is 16.0 Å². The first-order valence-electron chi connectivity index (χ1n) is 6.07. The Labute approximate surface area is 103 Å². The van der Waals surface area contributed by atoms with Crippen LogP contribution in [0.2, 0.25) is 0 Å². The van der Waals surface area contributed by atoms with Gasteiger partial charge < -0.3 is 10.1 Å². The molecule has 1 aromatic carbocycles. The van der Waals surface area contributed by atoms with Gasteiger partial charge in [0.15, 0.2) is 0 Å². The maximum atomic E-state index is 11.1. The van der Waals surface area contributed by atoms with Gasteiger partial charge in [-0.05, 0) is 19.4 Å². The molecular formula is C14H22NO2+. The molecule has 1 rings (SSSR count). The third-order valence-corrected chi connectivity index (χ3v) is 2.77. The van der Waals surface area contributed by atoms with Crippen LogP contribution in [0.3, 0.4) is 0 Å². The Morgan fingerprint density at radius 3 is 2.47 bits per heavy atom. The number of nitrogens with two attached hydrogens (primary N) is 1. The molecule has 0 saturated heterocycles. The molecule has 0 amide bonds. The largest absolute Gasteiger partial charge is 0.469 e. The number of methoxy groups -OCH3 is 1. The molecule has 2 N–H and O–H groups in total. The SMILES string of the molecule is COC(=O)C[C@@H](C)[NH2+][C@@H](C)Cc1ccccc1. The summed E-state index contributed by atoms with van der Waals surface area (Å²) < 4.78 is 4.66. The summed E-state index contributed by atoms with van der Waals surface area (Å²) in [6.45, 7) is 4.24. The molecule has 0 radical (unpaired) electrons. The van der Waals surface area contributed by atoms with E-state index in [2.05, 4.69) is 48.2 Å². The number of quaternary nitrogens is 1. The Morgan fingerprint density at radius 1 is 1.24 bits per heavy atom. The first kappa shape index (κ1) is 13.7. The van der Waals surface area contributed by atoms with Crippen molar-refractivity contribution in [2.24, 2.45) is 0 Å². The molecule has 17 heavy (non-hydrogen) atoms. The van der Waals surface area contributed by atoms with Crippen LogP contribution in [0, 0.1) is 0 Å². The minimum Gasteiger partial charge on any atom is -0.469 e. The zero-order chi connectivity index (χ0) is 12.7. The zero-order valence-corrected chi connectivity index (χ0v) is 10.8. The normalized spacial score (nSPS) is 14.1. The number of esters is 1. The van der Waals surface area contributed by atoms with E-state index in [9.17, 15) is 4.79 Å². The molecule has 0 heterocycles. The van der Waals surface area contributed by atoms with Crippen molar-refractivity contribution in [2.75, 3.05) is 7.11 Å². The Morgan fingerprint density at radius 2 is 1.88 bits per heavy atom. The highest BCUT2D eigenvalue weighted by atomic mass is 16.5. The van der Waals surface area contributed by atoms with Crippen molar-refractivity contribution in [1.82, 2.24) is 0 Å². The monoisotopic (exact) mass is 236 g/mol. The van der Waals surface area contributed by atoms with Gasteiger partial charge in [0.2, 0.25) is 0 Å². The summed E-state index contributed by atoms with van der Waals surface area (Å²) in [5.74, 6) is -0.138. The van der Waals surface area contributed by atoms with Crippen LogP contribution >= 0.6 is 0 Å². The molecule has 0 saturated carbocycles. The standard InChI is InChI=1S/C14H21NO2/c1-11(9-13-7-5-4-6-8-13)15-12(2)10-14(16)17-3/h4-8,11-12,15H,9-10H2,1-3H3/p+1/t11-,12+/m0/s1. The van der Waals surface area contributed by atoms with Crippen LogP contribution in [0.1, 0.15) is 25.8 Å². The minimum atomic E-state index is -0.138. The van der Waals surface area contributed by atoms with Gasteiger partial charge in [0.05, 0.1) is 25.6 Å². The van der Waals surface area contributed by atoms with Gasteiger partial charge in [-0.3, -0.25) is 4.79 Å². The second-order valence-electron chi connectivity index (χ2n) is 4.62. The predicted octanol–water partition coefficient (Wildman–Crippen LogP) is 1.13. The lowest BCUT2D eigenvalue weighted by molar-refractivity contribution is -0.714. The van der Waals surface area contributed by atoms with E-state index in [-0.39, 0.29) is 12.0 Å². The lowest BCUT2D eigenvalue weighted by atomic mass is 10.1. The van der Waals surface area contributed by atoms with Gasteiger partial charge in [-0.15, -0.1) is 0 Å². The number of ether oxygens (including phenoxy) is 1. The topological polar surface area (TPSA) is 42.9 Å². The van der Waals surface area contributed by atoms with Crippen LogP contribution in [0.15, 0.2) is 30.3 Å². The average Bonchev–Trinajstić information content (AvgIpc) is 2.29. The predicted molar refractivity (Wildman–Crippen MR) is 67.6 cm³/mol. The molecule has 2 atom stereocenters. The van der Waals surface area contributed by atoms with Crippen molar-refractivity contribution in [3.8, 4) is 0 Å². The lowest BCUT2D eigenvalue weighted by Gasteiger charge is -2.16. The van der Waals surface area contributed by atoms with Gasteiger partial charge in [-0.1, -0.05) is 30.3 Å². The molecule has 0 unspecified atom stereocenters. The first-order valence-corrected chi connectivity index (χ1v) is 6.07. The van der Waals surface area contributed by atoms with Crippen LogP contribution in [0.5, 0.6) is 0 Å². The number of rotatable bonds is 6. The van der Waals surface area contributed by atoms with Crippen LogP contribution in [-0.4, -0.2) is 25.2 Å². The summed E-state index contributed by atoms with van der Waals surface area (Å²) in [7, 11) is 1.43. The molecular weight excluding hydrogens is 214 g/mol. The summed E-state index contributed by atoms with van der Waals surface area (Å²) in [5.41, 5.74) is 1.33. The highest BCUT2D eigenvalue weighted by Gasteiger charge is 2.15. The van der Waals surface area contributed by atoms with Crippen molar-refractivity contribution in [2.45, 2.75) is 38.8 Å². The van der Waals surface area contributed by atoms with E-state index in [0.717, 1.165) is 6.42 Å². The Bertz CT molecular complexity index is 337. The zero-order valence-electron chi connectivity index (χ0n) is 10.8. The quantitative estimate of drug-likeness (QED) is 0.752. The van der Waals surface area contributed by atoms with Gasteiger partial charge in [-0.25, -0.2) is 0 Å². The molecule has 3 nitrogen and oxygen atoms in total. The van der Waals surface area contributed by atoms with E-state index < -0.39 is 0 Å². The minimum absolute atomic E-state index is 0.138. The maximum Gasteiger partial charge on any atom is 0.311 e. The van der Waals surface area contributed by atoms with Crippen LogP contribution in [0.4, 0.5) is 0 Å². The molecule has 0 aliphatic heterocycles. The van der Waals surface area contributed by atoms with E-state index in [4.69, 9.17) is 0 Å². The molecule has 0 bridgehead atoms. The molecule has 94 valence electrons. The summed E-state index contributed by atoms with van der Waals surface area (Å²) in [5, 5.41) is 2.23. The fourth-order valence-electron chi connectivity index (χ4n) is 2.03. The third-order valence-electron chi connectivity index (χ3n) is 2.77. The molecule has 0 aliphatic rings. The fourth-order valence-corrected chi connectivity index (χ4v) is 2.03. The maximum absolute atomic E-state index is 11.1. The molecule has 1 aromatic rings. The molecule has 0 aromatic heterocycles. The van der Waals surface area contributed by atoms with Gasteiger partial charge >= 0.3 is 5.97 Å². The van der Waals surface area contributed by atoms with Gasteiger partial charge in [0.25, 0.3) is 0 Å². The van der Waals surface area contributed by atoms with E-state index in [1.54, 1.807) is 0 Å². The number of hydrogen-bond donors (Lipinski definition) is 1. The number of hydrogen-bond acceptors (Lipinski definition) is 2. The number of carbonyl (C=O) groups excluding carboxylic acids is 1. The van der Waals surface area contributed by atoms with Gasteiger partial charge in [-0.2, -0.15) is 0 Å².